The lowest BCUT2D eigenvalue weighted by Crippen LogP contribution is -2.30. The first-order valence-corrected chi connectivity index (χ1v) is 9.80. The number of fused-ring (bicyclic) bond motifs is 1. The van der Waals surface area contributed by atoms with Gasteiger partial charge in [0.25, 0.3) is 0 Å². The molecule has 0 aliphatic heterocycles. The van der Waals surface area contributed by atoms with E-state index in [1.807, 2.05) is 36.4 Å². The second-order valence-electron chi connectivity index (χ2n) is 7.30. The van der Waals surface area contributed by atoms with E-state index in [2.05, 4.69) is 28.8 Å². The molecule has 0 radical (unpaired) electrons. The van der Waals surface area contributed by atoms with Gasteiger partial charge in [-0.25, -0.2) is 0 Å². The number of hydrogen-bond acceptors (Lipinski definition) is 3. The highest BCUT2D eigenvalue weighted by molar-refractivity contribution is 5.89. The van der Waals surface area contributed by atoms with E-state index in [-0.39, 0.29) is 18.2 Å². The van der Waals surface area contributed by atoms with Crippen molar-refractivity contribution in [3.63, 3.8) is 0 Å². The molecule has 5 heteroatoms. The zero-order valence-corrected chi connectivity index (χ0v) is 17.1. The highest BCUT2D eigenvalue weighted by atomic mass is 16.5. The van der Waals surface area contributed by atoms with Crippen LogP contribution in [0.3, 0.4) is 0 Å². The third kappa shape index (κ3) is 3.87. The number of likely N-dealkylation sites (N-methyl/N-ethyl adjacent to an activating group) is 1. The number of rotatable bonds is 6. The number of nitrogens with zero attached hydrogens (tertiary/aromatic N) is 2. The average Bonchev–Trinajstić information content (AvgIpc) is 3.14. The van der Waals surface area contributed by atoms with Crippen molar-refractivity contribution in [2.24, 2.45) is 0 Å². The minimum absolute atomic E-state index is 0.000533. The van der Waals surface area contributed by atoms with Crippen LogP contribution in [-0.2, 0) is 17.9 Å². The summed E-state index contributed by atoms with van der Waals surface area (Å²) in [4.78, 5) is 14.8. The Morgan fingerprint density at radius 1 is 1.00 bits per heavy atom. The van der Waals surface area contributed by atoms with Crippen molar-refractivity contribution in [3.05, 3.63) is 84.4 Å². The molecule has 1 N–H and O–H groups in total. The maximum absolute atomic E-state index is 13.1. The normalized spacial score (nSPS) is 10.9. The van der Waals surface area contributed by atoms with Crippen LogP contribution < -0.4 is 4.74 Å². The molecule has 30 heavy (non-hydrogen) atoms. The molecule has 0 spiro atoms. The molecule has 4 rings (SSSR count). The van der Waals surface area contributed by atoms with E-state index >= 15 is 0 Å². The summed E-state index contributed by atoms with van der Waals surface area (Å²) >= 11 is 0. The van der Waals surface area contributed by atoms with E-state index in [0.717, 1.165) is 27.7 Å². The number of amides is 1. The minimum atomic E-state index is 0.000533. The molecule has 1 heterocycles. The largest absolute Gasteiger partial charge is 0.504 e. The number of benzene rings is 3. The summed E-state index contributed by atoms with van der Waals surface area (Å²) in [7, 11) is 3.30. The Morgan fingerprint density at radius 3 is 2.50 bits per heavy atom. The van der Waals surface area contributed by atoms with Crippen molar-refractivity contribution in [3.8, 4) is 22.8 Å². The molecule has 0 aliphatic carbocycles. The van der Waals surface area contributed by atoms with Gasteiger partial charge in [0.05, 0.1) is 7.11 Å². The lowest BCUT2D eigenvalue weighted by atomic mass is 10.1. The maximum Gasteiger partial charge on any atom is 0.242 e. The SMILES string of the molecule is COc1cc(CN(C)C(=O)Cn2c(-c3ccccc3)cc3ccccc32)ccc1O. The molecule has 0 unspecified atom stereocenters. The van der Waals surface area contributed by atoms with E-state index in [1.54, 1.807) is 30.1 Å². The van der Waals surface area contributed by atoms with Gasteiger partial charge >= 0.3 is 0 Å². The van der Waals surface area contributed by atoms with Gasteiger partial charge < -0.3 is 19.3 Å². The average molecular weight is 400 g/mol. The predicted octanol–water partition coefficient (Wildman–Crippen LogP) is 4.68. The molecule has 0 fully saturated rings. The van der Waals surface area contributed by atoms with Gasteiger partial charge in [0.15, 0.2) is 11.5 Å². The van der Waals surface area contributed by atoms with Crippen LogP contribution in [0, 0.1) is 0 Å². The van der Waals surface area contributed by atoms with Crippen LogP contribution in [0.15, 0.2) is 78.9 Å². The molecule has 3 aromatic carbocycles. The molecule has 0 aliphatic rings. The Labute approximate surface area is 175 Å². The number of phenolic OH excluding ortho intramolecular Hbond substituents is 1. The molecule has 1 aromatic heterocycles. The standard InChI is InChI=1S/C25H24N2O3/c1-26(16-18-12-13-23(28)24(14-18)30-2)25(29)17-27-21-11-7-6-10-20(21)15-22(27)19-8-4-3-5-9-19/h3-15,28H,16-17H2,1-2H3. The molecule has 0 saturated carbocycles. The predicted molar refractivity (Wildman–Crippen MR) is 119 cm³/mol. The number of para-hydroxylation sites is 1. The maximum atomic E-state index is 13.1. The topological polar surface area (TPSA) is 54.7 Å². The lowest BCUT2D eigenvalue weighted by Gasteiger charge is -2.20. The number of carbonyl (C=O) groups excluding carboxylic acids is 1. The number of phenols is 1. The number of ether oxygens (including phenoxy) is 1. The van der Waals surface area contributed by atoms with Gasteiger partial charge in [-0.05, 0) is 35.4 Å². The smallest absolute Gasteiger partial charge is 0.242 e. The zero-order chi connectivity index (χ0) is 21.1. The number of methoxy groups -OCH3 is 1. The Balaban J connectivity index is 1.61. The van der Waals surface area contributed by atoms with E-state index in [0.29, 0.717) is 12.3 Å². The van der Waals surface area contributed by atoms with Gasteiger partial charge in [0.2, 0.25) is 5.91 Å². The summed E-state index contributed by atoms with van der Waals surface area (Å²) in [5, 5.41) is 10.9. The summed E-state index contributed by atoms with van der Waals surface area (Å²) in [6.45, 7) is 0.665. The highest BCUT2D eigenvalue weighted by Gasteiger charge is 2.16. The molecule has 0 bridgehead atoms. The Bertz CT molecular complexity index is 1180. The van der Waals surface area contributed by atoms with Crippen molar-refractivity contribution in [1.29, 1.82) is 0 Å². The summed E-state index contributed by atoms with van der Waals surface area (Å²) < 4.78 is 7.24. The summed E-state index contributed by atoms with van der Waals surface area (Å²) in [5.41, 5.74) is 4.02. The van der Waals surface area contributed by atoms with E-state index in [4.69, 9.17) is 4.74 Å². The summed E-state index contributed by atoms with van der Waals surface area (Å²) in [5.74, 6) is 0.484. The van der Waals surface area contributed by atoms with Crippen LogP contribution in [-0.4, -0.2) is 34.6 Å². The second-order valence-corrected chi connectivity index (χ2v) is 7.30. The molecular weight excluding hydrogens is 376 g/mol. The highest BCUT2D eigenvalue weighted by Crippen LogP contribution is 2.29. The number of aromatic nitrogens is 1. The fraction of sp³-hybridized carbons (Fsp3) is 0.160. The van der Waals surface area contributed by atoms with Crippen molar-refractivity contribution in [1.82, 2.24) is 9.47 Å². The number of aromatic hydroxyl groups is 1. The van der Waals surface area contributed by atoms with Crippen LogP contribution in [0.2, 0.25) is 0 Å². The van der Waals surface area contributed by atoms with Crippen molar-refractivity contribution in [2.45, 2.75) is 13.1 Å². The summed E-state index contributed by atoms with van der Waals surface area (Å²) in [6.07, 6.45) is 0. The van der Waals surface area contributed by atoms with Crippen LogP contribution in [0.4, 0.5) is 0 Å². The second kappa shape index (κ2) is 8.33. The molecular formula is C25H24N2O3. The van der Waals surface area contributed by atoms with Gasteiger partial charge in [0.1, 0.15) is 6.54 Å². The minimum Gasteiger partial charge on any atom is -0.504 e. The Morgan fingerprint density at radius 2 is 1.73 bits per heavy atom. The Kier molecular flexibility index (Phi) is 5.44. The number of hydrogen-bond donors (Lipinski definition) is 1. The third-order valence-electron chi connectivity index (χ3n) is 5.26. The fourth-order valence-corrected chi connectivity index (χ4v) is 3.67. The van der Waals surface area contributed by atoms with E-state index in [1.165, 1.54) is 7.11 Å². The lowest BCUT2D eigenvalue weighted by molar-refractivity contribution is -0.130. The first-order valence-electron chi connectivity index (χ1n) is 9.80. The molecule has 1 amide bonds. The van der Waals surface area contributed by atoms with Gasteiger partial charge in [-0.2, -0.15) is 0 Å². The van der Waals surface area contributed by atoms with Gasteiger partial charge in [0, 0.05) is 30.2 Å². The fourth-order valence-electron chi connectivity index (χ4n) is 3.67. The first-order chi connectivity index (χ1) is 14.6. The van der Waals surface area contributed by atoms with Crippen LogP contribution >= 0.6 is 0 Å². The molecule has 152 valence electrons. The van der Waals surface area contributed by atoms with Crippen molar-refractivity contribution in [2.75, 3.05) is 14.2 Å². The van der Waals surface area contributed by atoms with Crippen molar-refractivity contribution < 1.29 is 14.6 Å². The van der Waals surface area contributed by atoms with Crippen LogP contribution in [0.1, 0.15) is 5.56 Å². The van der Waals surface area contributed by atoms with Crippen LogP contribution in [0.5, 0.6) is 11.5 Å². The first kappa shape index (κ1) is 19.6. The molecule has 0 atom stereocenters. The van der Waals surface area contributed by atoms with Gasteiger partial charge in [-0.15, -0.1) is 0 Å². The quantitative estimate of drug-likeness (QED) is 0.511. The monoisotopic (exact) mass is 400 g/mol. The zero-order valence-electron chi connectivity index (χ0n) is 17.1. The molecule has 4 aromatic rings. The molecule has 5 nitrogen and oxygen atoms in total. The van der Waals surface area contributed by atoms with Crippen LogP contribution in [0.25, 0.3) is 22.2 Å². The third-order valence-corrected chi connectivity index (χ3v) is 5.26. The van der Waals surface area contributed by atoms with E-state index < -0.39 is 0 Å². The Hall–Kier alpha value is -3.73. The van der Waals surface area contributed by atoms with Gasteiger partial charge in [-0.1, -0.05) is 54.6 Å². The number of carbonyl (C=O) groups is 1. The van der Waals surface area contributed by atoms with Crippen molar-refractivity contribution >= 4 is 16.8 Å². The van der Waals surface area contributed by atoms with E-state index in [9.17, 15) is 9.90 Å². The molecule has 0 saturated heterocycles. The summed E-state index contributed by atoms with van der Waals surface area (Å²) in [6, 6.07) is 25.5. The van der Waals surface area contributed by atoms with Gasteiger partial charge in [-0.3, -0.25) is 4.79 Å².